The Kier molecular flexibility index (Phi) is 6.72. The first-order valence-corrected chi connectivity index (χ1v) is 9.45. The molecule has 2 aromatic heterocycles. The van der Waals surface area contributed by atoms with Crippen molar-refractivity contribution in [3.05, 3.63) is 34.1 Å². The van der Waals surface area contributed by atoms with Gasteiger partial charge in [-0.1, -0.05) is 32.0 Å². The zero-order chi connectivity index (χ0) is 18.4. The normalized spacial score (nSPS) is 13.2. The monoisotopic (exact) mass is 364 g/mol. The molecule has 7 heteroatoms. The molecule has 138 valence electrons. The Hall–Kier alpha value is -1.73. The van der Waals surface area contributed by atoms with Crippen LogP contribution in [0.25, 0.3) is 0 Å². The van der Waals surface area contributed by atoms with E-state index in [1.54, 1.807) is 11.3 Å². The molecule has 2 rings (SSSR count). The van der Waals surface area contributed by atoms with Gasteiger partial charge in [-0.05, 0) is 32.0 Å². The summed E-state index contributed by atoms with van der Waals surface area (Å²) < 4.78 is 5.25. The molecule has 0 saturated heterocycles. The first-order valence-electron chi connectivity index (χ1n) is 8.57. The van der Waals surface area contributed by atoms with Crippen molar-refractivity contribution >= 4 is 17.2 Å². The topological polar surface area (TPSA) is 71.3 Å². The van der Waals surface area contributed by atoms with Crippen molar-refractivity contribution in [2.24, 2.45) is 0 Å². The molecule has 0 aromatic carbocycles. The third kappa shape index (κ3) is 5.93. The van der Waals surface area contributed by atoms with Gasteiger partial charge in [0.2, 0.25) is 11.8 Å². The molecule has 0 radical (unpaired) electrons. The highest BCUT2D eigenvalue weighted by molar-refractivity contribution is 7.10. The van der Waals surface area contributed by atoms with E-state index in [1.165, 1.54) is 4.88 Å². The number of hydrogen-bond acceptors (Lipinski definition) is 6. The quantitative estimate of drug-likeness (QED) is 0.779. The van der Waals surface area contributed by atoms with Crippen molar-refractivity contribution in [3.63, 3.8) is 0 Å². The van der Waals surface area contributed by atoms with Gasteiger partial charge in [0, 0.05) is 29.7 Å². The molecule has 0 aliphatic carbocycles. The molecule has 0 saturated carbocycles. The van der Waals surface area contributed by atoms with Crippen LogP contribution in [0.1, 0.15) is 56.2 Å². The zero-order valence-electron chi connectivity index (χ0n) is 15.7. The fourth-order valence-corrected chi connectivity index (χ4v) is 3.30. The molecular formula is C18H28N4O2S. The molecule has 2 aromatic rings. The van der Waals surface area contributed by atoms with E-state index in [0.29, 0.717) is 37.5 Å². The van der Waals surface area contributed by atoms with Gasteiger partial charge < -0.3 is 14.7 Å². The van der Waals surface area contributed by atoms with Gasteiger partial charge >= 0.3 is 0 Å². The molecule has 0 aliphatic rings. The number of aryl methyl sites for hydroxylation is 1. The molecule has 0 bridgehead atoms. The van der Waals surface area contributed by atoms with E-state index >= 15 is 0 Å². The Bertz CT molecular complexity index is 659. The summed E-state index contributed by atoms with van der Waals surface area (Å²) in [4.78, 5) is 19.9. The van der Waals surface area contributed by atoms with E-state index in [2.05, 4.69) is 31.8 Å². The summed E-state index contributed by atoms with van der Waals surface area (Å²) in [5.74, 6) is 1.36. The minimum Gasteiger partial charge on any atom is -0.354 e. The SMILES string of the molecule is CN(C)C(CNC(=O)CCCc1nc(C(C)(C)C)no1)c1cccs1. The van der Waals surface area contributed by atoms with Crippen LogP contribution in [-0.4, -0.2) is 41.6 Å². The average Bonchev–Trinajstić information content (AvgIpc) is 3.18. The van der Waals surface area contributed by atoms with Crippen LogP contribution in [-0.2, 0) is 16.6 Å². The van der Waals surface area contributed by atoms with Gasteiger partial charge in [0.1, 0.15) is 0 Å². The Balaban J connectivity index is 1.74. The van der Waals surface area contributed by atoms with E-state index in [4.69, 9.17) is 4.52 Å². The van der Waals surface area contributed by atoms with Gasteiger partial charge in [-0.25, -0.2) is 0 Å². The lowest BCUT2D eigenvalue weighted by molar-refractivity contribution is -0.121. The highest BCUT2D eigenvalue weighted by Gasteiger charge is 2.21. The second kappa shape index (κ2) is 8.58. The zero-order valence-corrected chi connectivity index (χ0v) is 16.5. The van der Waals surface area contributed by atoms with E-state index in [-0.39, 0.29) is 17.4 Å². The molecule has 0 aliphatic heterocycles. The number of thiophene rings is 1. The number of carbonyl (C=O) groups is 1. The number of aromatic nitrogens is 2. The summed E-state index contributed by atoms with van der Waals surface area (Å²) >= 11 is 1.71. The number of rotatable bonds is 8. The molecule has 0 fully saturated rings. The van der Waals surface area contributed by atoms with Crippen LogP contribution in [0.4, 0.5) is 0 Å². The fourth-order valence-electron chi connectivity index (χ4n) is 2.38. The van der Waals surface area contributed by atoms with Gasteiger partial charge in [0.25, 0.3) is 0 Å². The second-order valence-electron chi connectivity index (χ2n) is 7.41. The third-order valence-corrected chi connectivity index (χ3v) is 4.89. The number of amides is 1. The lowest BCUT2D eigenvalue weighted by atomic mass is 9.96. The maximum atomic E-state index is 12.1. The summed E-state index contributed by atoms with van der Waals surface area (Å²) in [6.07, 6.45) is 1.78. The standard InChI is InChI=1S/C18H28N4O2S/c1-18(2,3)17-20-16(24-21-17)10-6-9-15(23)19-12-13(22(4)5)14-8-7-11-25-14/h7-8,11,13H,6,9-10,12H2,1-5H3,(H,19,23). The summed E-state index contributed by atoms with van der Waals surface area (Å²) in [6, 6.07) is 4.34. The maximum absolute atomic E-state index is 12.1. The van der Waals surface area contributed by atoms with Gasteiger partial charge in [-0.3, -0.25) is 4.79 Å². The molecule has 25 heavy (non-hydrogen) atoms. The second-order valence-corrected chi connectivity index (χ2v) is 8.39. The molecule has 0 spiro atoms. The largest absolute Gasteiger partial charge is 0.354 e. The van der Waals surface area contributed by atoms with E-state index in [0.717, 1.165) is 0 Å². The van der Waals surface area contributed by atoms with Gasteiger partial charge in [0.05, 0.1) is 6.04 Å². The van der Waals surface area contributed by atoms with Crippen molar-refractivity contribution < 1.29 is 9.32 Å². The fraction of sp³-hybridized carbons (Fsp3) is 0.611. The van der Waals surface area contributed by atoms with Crippen LogP contribution in [0.3, 0.4) is 0 Å². The van der Waals surface area contributed by atoms with Crippen molar-refractivity contribution in [1.82, 2.24) is 20.4 Å². The maximum Gasteiger partial charge on any atom is 0.226 e. The Morgan fingerprint density at radius 2 is 2.16 bits per heavy atom. The van der Waals surface area contributed by atoms with E-state index < -0.39 is 0 Å². The predicted octanol–water partition coefficient (Wildman–Crippen LogP) is 3.17. The number of likely N-dealkylation sites (N-methyl/N-ethyl adjacent to an activating group) is 1. The van der Waals surface area contributed by atoms with E-state index in [9.17, 15) is 4.79 Å². The minimum atomic E-state index is -0.123. The summed E-state index contributed by atoms with van der Waals surface area (Å²) in [7, 11) is 4.05. The summed E-state index contributed by atoms with van der Waals surface area (Å²) in [5.41, 5.74) is -0.123. The number of nitrogens with zero attached hydrogens (tertiary/aromatic N) is 3. The minimum absolute atomic E-state index is 0.0546. The third-order valence-electron chi connectivity index (χ3n) is 3.92. The molecule has 1 N–H and O–H groups in total. The molecular weight excluding hydrogens is 336 g/mol. The Morgan fingerprint density at radius 1 is 1.40 bits per heavy atom. The average molecular weight is 365 g/mol. The van der Waals surface area contributed by atoms with Gasteiger partial charge in [-0.15, -0.1) is 11.3 Å². The molecule has 1 atom stereocenters. The van der Waals surface area contributed by atoms with Gasteiger partial charge in [0.15, 0.2) is 5.82 Å². The number of hydrogen-bond donors (Lipinski definition) is 1. The number of carbonyl (C=O) groups excluding carboxylic acids is 1. The van der Waals surface area contributed by atoms with Crippen LogP contribution in [0.2, 0.25) is 0 Å². The summed E-state index contributed by atoms with van der Waals surface area (Å²) in [6.45, 7) is 6.75. The van der Waals surface area contributed by atoms with Crippen molar-refractivity contribution in [2.75, 3.05) is 20.6 Å². The highest BCUT2D eigenvalue weighted by Crippen LogP contribution is 2.22. The Labute approximate surface area is 153 Å². The van der Waals surface area contributed by atoms with Crippen LogP contribution < -0.4 is 5.32 Å². The molecule has 1 amide bonds. The molecule has 2 heterocycles. The lowest BCUT2D eigenvalue weighted by Crippen LogP contribution is -2.34. The smallest absolute Gasteiger partial charge is 0.226 e. The predicted molar refractivity (Wildman–Crippen MR) is 99.7 cm³/mol. The van der Waals surface area contributed by atoms with Crippen molar-refractivity contribution in [2.45, 2.75) is 51.5 Å². The van der Waals surface area contributed by atoms with E-state index in [1.807, 2.05) is 40.9 Å². The molecule has 6 nitrogen and oxygen atoms in total. The molecule has 1 unspecified atom stereocenters. The van der Waals surface area contributed by atoms with Crippen molar-refractivity contribution in [3.8, 4) is 0 Å². The number of nitrogens with one attached hydrogen (secondary N) is 1. The highest BCUT2D eigenvalue weighted by atomic mass is 32.1. The first-order chi connectivity index (χ1) is 11.8. The Morgan fingerprint density at radius 3 is 2.72 bits per heavy atom. The van der Waals surface area contributed by atoms with Crippen LogP contribution in [0.5, 0.6) is 0 Å². The van der Waals surface area contributed by atoms with Crippen LogP contribution in [0, 0.1) is 0 Å². The summed E-state index contributed by atoms with van der Waals surface area (Å²) in [5, 5.41) is 9.09. The first kappa shape index (κ1) is 19.6. The van der Waals surface area contributed by atoms with Crippen LogP contribution in [0.15, 0.2) is 22.0 Å². The van der Waals surface area contributed by atoms with Gasteiger partial charge in [-0.2, -0.15) is 4.98 Å². The lowest BCUT2D eigenvalue weighted by Gasteiger charge is -2.23. The van der Waals surface area contributed by atoms with Crippen molar-refractivity contribution in [1.29, 1.82) is 0 Å². The van der Waals surface area contributed by atoms with Crippen LogP contribution >= 0.6 is 11.3 Å².